The first-order chi connectivity index (χ1) is 14.0. The van der Waals surface area contributed by atoms with Crippen LogP contribution in [0.5, 0.6) is 0 Å². The number of carboxylic acids is 1. The molecule has 4 aromatic rings. The van der Waals surface area contributed by atoms with Crippen molar-refractivity contribution in [1.82, 2.24) is 15.0 Å². The molecule has 3 heterocycles. The Morgan fingerprint density at radius 2 is 1.93 bits per heavy atom. The van der Waals surface area contributed by atoms with Gasteiger partial charge in [0.15, 0.2) is 5.13 Å². The Hall–Kier alpha value is -3.52. The Morgan fingerprint density at radius 1 is 1.14 bits per heavy atom. The summed E-state index contributed by atoms with van der Waals surface area (Å²) < 4.78 is 0. The Morgan fingerprint density at radius 3 is 2.69 bits per heavy atom. The third-order valence-electron chi connectivity index (χ3n) is 4.42. The van der Waals surface area contributed by atoms with Crippen molar-refractivity contribution in [2.24, 2.45) is 0 Å². The average Bonchev–Trinajstić information content (AvgIpc) is 3.09. The van der Waals surface area contributed by atoms with Gasteiger partial charge in [0.05, 0.1) is 6.42 Å². The zero-order valence-electron chi connectivity index (χ0n) is 16.0. The maximum absolute atomic E-state index is 10.9. The molecule has 0 aliphatic heterocycles. The fourth-order valence-electron chi connectivity index (χ4n) is 2.89. The number of carbonyl (C=O) groups is 1. The van der Waals surface area contributed by atoms with Crippen LogP contribution in [0.25, 0.3) is 10.3 Å². The van der Waals surface area contributed by atoms with Gasteiger partial charge in [0.1, 0.15) is 22.0 Å². The zero-order valence-corrected chi connectivity index (χ0v) is 16.8. The molecule has 0 atom stereocenters. The summed E-state index contributed by atoms with van der Waals surface area (Å²) in [5, 5.41) is 12.7. The number of nitrogens with zero attached hydrogens (tertiary/aromatic N) is 4. The molecule has 0 bridgehead atoms. The van der Waals surface area contributed by atoms with Crippen LogP contribution < -0.4 is 10.2 Å². The summed E-state index contributed by atoms with van der Waals surface area (Å²) >= 11 is 1.42. The summed E-state index contributed by atoms with van der Waals surface area (Å²) in [7, 11) is 1.98. The van der Waals surface area contributed by atoms with Crippen LogP contribution in [0.4, 0.5) is 22.5 Å². The number of hydrogen-bond acceptors (Lipinski definition) is 7. The van der Waals surface area contributed by atoms with E-state index in [1.54, 1.807) is 18.3 Å². The van der Waals surface area contributed by atoms with Gasteiger partial charge in [0.25, 0.3) is 0 Å². The third kappa shape index (κ3) is 4.33. The van der Waals surface area contributed by atoms with E-state index in [4.69, 9.17) is 10.1 Å². The van der Waals surface area contributed by atoms with E-state index >= 15 is 0 Å². The Bertz CT molecular complexity index is 1170. The molecule has 0 fully saturated rings. The first-order valence-electron chi connectivity index (χ1n) is 9.00. The number of pyridine rings is 2. The van der Waals surface area contributed by atoms with Crippen LogP contribution in [0.15, 0.2) is 54.7 Å². The maximum Gasteiger partial charge on any atom is 0.307 e. The second-order valence-corrected chi connectivity index (χ2v) is 7.63. The van der Waals surface area contributed by atoms with Gasteiger partial charge in [-0.1, -0.05) is 29.0 Å². The molecule has 0 spiro atoms. The van der Waals surface area contributed by atoms with Gasteiger partial charge in [-0.05, 0) is 48.9 Å². The van der Waals surface area contributed by atoms with Crippen molar-refractivity contribution in [2.45, 2.75) is 13.3 Å². The van der Waals surface area contributed by atoms with Crippen molar-refractivity contribution in [1.29, 1.82) is 0 Å². The molecule has 3 aromatic heterocycles. The molecular weight excluding hydrogens is 386 g/mol. The van der Waals surface area contributed by atoms with E-state index in [1.165, 1.54) is 16.9 Å². The van der Waals surface area contributed by atoms with Crippen LogP contribution >= 0.6 is 11.3 Å². The van der Waals surface area contributed by atoms with Crippen molar-refractivity contribution in [2.75, 3.05) is 17.3 Å². The summed E-state index contributed by atoms with van der Waals surface area (Å²) in [6.07, 6.45) is 1.54. The fourth-order valence-corrected chi connectivity index (χ4v) is 3.73. The highest BCUT2D eigenvalue weighted by Crippen LogP contribution is 2.30. The van der Waals surface area contributed by atoms with Gasteiger partial charge in [-0.3, -0.25) is 4.79 Å². The molecule has 146 valence electrons. The van der Waals surface area contributed by atoms with Crippen molar-refractivity contribution in [3.63, 3.8) is 0 Å². The van der Waals surface area contributed by atoms with Crippen molar-refractivity contribution < 1.29 is 9.90 Å². The zero-order chi connectivity index (χ0) is 20.4. The number of rotatable bonds is 6. The molecule has 1 aromatic carbocycles. The molecule has 4 rings (SSSR count). The standard InChI is InChI=1S/C21H19N5O2S/c1-13-3-5-15(6-4-13)26(2)18-8-7-16-20(25-18)29-21(23-16)24-17-11-14(9-10-22-17)12-19(27)28/h3-11H,12H2,1-2H3,(H,27,28)(H,22,23,24). The smallest absolute Gasteiger partial charge is 0.307 e. The number of fused-ring (bicyclic) bond motifs is 1. The van der Waals surface area contributed by atoms with Gasteiger partial charge >= 0.3 is 5.97 Å². The third-order valence-corrected chi connectivity index (χ3v) is 5.30. The minimum absolute atomic E-state index is 0.0483. The second kappa shape index (κ2) is 7.84. The number of benzene rings is 1. The minimum Gasteiger partial charge on any atom is -0.481 e. The molecule has 8 heteroatoms. The molecule has 29 heavy (non-hydrogen) atoms. The quantitative estimate of drug-likeness (QED) is 0.487. The molecule has 7 nitrogen and oxygen atoms in total. The number of aromatic nitrogens is 3. The van der Waals surface area contributed by atoms with Crippen LogP contribution in [0.1, 0.15) is 11.1 Å². The lowest BCUT2D eigenvalue weighted by Gasteiger charge is -2.18. The molecule has 0 unspecified atom stereocenters. The summed E-state index contributed by atoms with van der Waals surface area (Å²) in [5.74, 6) is 0.509. The van der Waals surface area contributed by atoms with E-state index in [0.717, 1.165) is 21.9 Å². The first-order valence-corrected chi connectivity index (χ1v) is 9.81. The van der Waals surface area contributed by atoms with Crippen LogP contribution in [0, 0.1) is 6.92 Å². The van der Waals surface area contributed by atoms with E-state index in [9.17, 15) is 4.79 Å². The molecular formula is C21H19N5O2S. The Labute approximate surface area is 171 Å². The lowest BCUT2D eigenvalue weighted by atomic mass is 10.2. The molecule has 0 aliphatic carbocycles. The van der Waals surface area contributed by atoms with Gasteiger partial charge in [0, 0.05) is 18.9 Å². The number of aliphatic carboxylic acids is 1. The summed E-state index contributed by atoms with van der Waals surface area (Å²) in [4.78, 5) is 27.3. The highest BCUT2D eigenvalue weighted by Gasteiger charge is 2.11. The number of nitrogens with one attached hydrogen (secondary N) is 1. The first kappa shape index (κ1) is 18.8. The van der Waals surface area contributed by atoms with Crippen molar-refractivity contribution >= 4 is 50.1 Å². The van der Waals surface area contributed by atoms with Crippen LogP contribution in [-0.2, 0) is 11.2 Å². The van der Waals surface area contributed by atoms with E-state index in [1.807, 2.05) is 24.1 Å². The van der Waals surface area contributed by atoms with Crippen molar-refractivity contribution in [3.8, 4) is 0 Å². The Balaban J connectivity index is 1.57. The van der Waals surface area contributed by atoms with Gasteiger partial charge < -0.3 is 15.3 Å². The highest BCUT2D eigenvalue weighted by molar-refractivity contribution is 7.21. The molecule has 0 amide bonds. The Kier molecular flexibility index (Phi) is 5.09. The monoisotopic (exact) mass is 405 g/mol. The van der Waals surface area contributed by atoms with Crippen LogP contribution in [-0.4, -0.2) is 33.1 Å². The van der Waals surface area contributed by atoms with Crippen molar-refractivity contribution in [3.05, 3.63) is 65.9 Å². The van der Waals surface area contributed by atoms with E-state index in [-0.39, 0.29) is 6.42 Å². The largest absolute Gasteiger partial charge is 0.481 e. The van der Waals surface area contributed by atoms with Crippen LogP contribution in [0.2, 0.25) is 0 Å². The van der Waals surface area contributed by atoms with E-state index in [2.05, 4.69) is 46.5 Å². The molecule has 0 aliphatic rings. The number of aryl methyl sites for hydroxylation is 1. The van der Waals surface area contributed by atoms with Gasteiger partial charge in [0.2, 0.25) is 0 Å². The summed E-state index contributed by atoms with van der Waals surface area (Å²) in [6.45, 7) is 2.06. The predicted octanol–water partition coefficient (Wildman–Crippen LogP) is 4.53. The molecule has 2 N–H and O–H groups in total. The molecule has 0 saturated carbocycles. The summed E-state index contributed by atoms with van der Waals surface area (Å²) in [6, 6.07) is 15.6. The second-order valence-electron chi connectivity index (χ2n) is 6.65. The van der Waals surface area contributed by atoms with E-state index < -0.39 is 5.97 Å². The predicted molar refractivity (Wildman–Crippen MR) is 116 cm³/mol. The van der Waals surface area contributed by atoms with Gasteiger partial charge in [-0.25, -0.2) is 15.0 Å². The number of hydrogen-bond donors (Lipinski definition) is 2. The highest BCUT2D eigenvalue weighted by atomic mass is 32.1. The minimum atomic E-state index is -0.878. The van der Waals surface area contributed by atoms with Gasteiger partial charge in [-0.2, -0.15) is 0 Å². The SMILES string of the molecule is Cc1ccc(N(C)c2ccc3nc(Nc4cc(CC(=O)O)ccn4)sc3n2)cc1. The topological polar surface area (TPSA) is 91.2 Å². The fraction of sp³-hybridized carbons (Fsp3) is 0.143. The van der Waals surface area contributed by atoms with Crippen LogP contribution in [0.3, 0.4) is 0 Å². The van der Waals surface area contributed by atoms with E-state index in [0.29, 0.717) is 16.5 Å². The number of carboxylic acid groups (broad SMARTS) is 1. The number of thiazole rings is 1. The lowest BCUT2D eigenvalue weighted by Crippen LogP contribution is -2.10. The lowest BCUT2D eigenvalue weighted by molar-refractivity contribution is -0.136. The molecule has 0 radical (unpaired) electrons. The molecule has 0 saturated heterocycles. The average molecular weight is 405 g/mol. The normalized spacial score (nSPS) is 10.8. The summed E-state index contributed by atoms with van der Waals surface area (Å²) in [5.41, 5.74) is 3.74. The number of anilines is 4. The maximum atomic E-state index is 10.9. The van der Waals surface area contributed by atoms with Gasteiger partial charge in [-0.15, -0.1) is 0 Å².